The molecule has 0 bridgehead atoms. The zero-order valence-electron chi connectivity index (χ0n) is 35.0. The number of rotatable bonds is 8. The van der Waals surface area contributed by atoms with Crippen molar-refractivity contribution in [3.63, 3.8) is 0 Å². The van der Waals surface area contributed by atoms with Crippen molar-refractivity contribution in [2.45, 2.75) is 125 Å². The standard InChI is InChI=1S/C48H64F3N3O3/c1-30(2)35-14-20-47(29-52-23-17-40(55)54-25-24-53-27-33(48(49,50)51)26-34(53)28-54)22-21-45(6)37(41(35)47)12-13-39-44(5)18-15-36(31-8-10-32(11-9-31)42(56)57)43(3,4)38(44)16-19-46(39,45)7/h8-11,15,26-27,35,37-39,41,52H,1,12-14,16-25,28-29H2,2-7H3,(H,56,57)/t35-,37+,38-,39+,41+,44-,45+,46+,47+/m0/s1. The van der Waals surface area contributed by atoms with Crippen LogP contribution in [-0.2, 0) is 24.1 Å². The highest BCUT2D eigenvalue weighted by Crippen LogP contribution is 2.77. The molecule has 1 aliphatic heterocycles. The molecule has 2 N–H and O–H groups in total. The lowest BCUT2D eigenvalue weighted by molar-refractivity contribution is -0.225. The Kier molecular flexibility index (Phi) is 9.85. The van der Waals surface area contributed by atoms with Crippen LogP contribution in [0.5, 0.6) is 0 Å². The van der Waals surface area contributed by atoms with Gasteiger partial charge in [-0.1, -0.05) is 65.0 Å². The number of carbonyl (C=O) groups excluding carboxylic acids is 1. The van der Waals surface area contributed by atoms with E-state index in [4.69, 9.17) is 0 Å². The average Bonchev–Trinajstić information content (AvgIpc) is 3.76. The lowest BCUT2D eigenvalue weighted by Crippen LogP contribution is -2.65. The smallest absolute Gasteiger partial charge is 0.417 e. The van der Waals surface area contributed by atoms with Crippen molar-refractivity contribution in [3.05, 3.63) is 77.1 Å². The molecule has 6 nitrogen and oxygen atoms in total. The summed E-state index contributed by atoms with van der Waals surface area (Å²) in [7, 11) is 0. The first-order chi connectivity index (χ1) is 26.7. The Bertz CT molecular complexity index is 1960. The SMILES string of the molecule is C=C(C)[C@@H]1CC[C@]2(CNCCC(=O)N3CCn4cc(C(F)(F)F)cc4C3)CC[C@]3(C)[C@H](CC[C@@H]4[C@@]5(C)CC=C(c6ccc(C(=O)O)cc6)C(C)(C)[C@@H]5CC[C@]43C)[C@@H]12. The molecule has 2 heterocycles. The molecule has 6 aliphatic rings. The van der Waals surface area contributed by atoms with Crippen LogP contribution in [-0.4, -0.2) is 46.1 Å². The molecule has 310 valence electrons. The van der Waals surface area contributed by atoms with E-state index in [0.29, 0.717) is 66.9 Å². The summed E-state index contributed by atoms with van der Waals surface area (Å²) < 4.78 is 41.6. The van der Waals surface area contributed by atoms with Crippen LogP contribution < -0.4 is 5.32 Å². The van der Waals surface area contributed by atoms with E-state index in [1.54, 1.807) is 21.6 Å². The lowest BCUT2D eigenvalue weighted by Gasteiger charge is -2.72. The summed E-state index contributed by atoms with van der Waals surface area (Å²) in [6.45, 7) is 22.2. The zero-order chi connectivity index (χ0) is 40.9. The van der Waals surface area contributed by atoms with Gasteiger partial charge in [0.2, 0.25) is 5.91 Å². The highest BCUT2D eigenvalue weighted by atomic mass is 19.4. The van der Waals surface area contributed by atoms with Crippen LogP contribution in [0.3, 0.4) is 0 Å². The number of carboxylic acid groups (broad SMARTS) is 1. The minimum Gasteiger partial charge on any atom is -0.478 e. The van der Waals surface area contributed by atoms with E-state index >= 15 is 0 Å². The quantitative estimate of drug-likeness (QED) is 0.206. The van der Waals surface area contributed by atoms with Crippen LogP contribution in [0.15, 0.2) is 54.8 Å². The monoisotopic (exact) mass is 787 g/mol. The van der Waals surface area contributed by atoms with E-state index < -0.39 is 17.7 Å². The van der Waals surface area contributed by atoms with Gasteiger partial charge in [0, 0.05) is 44.5 Å². The Hall–Kier alpha value is -3.33. The Morgan fingerprint density at radius 1 is 0.930 bits per heavy atom. The molecular weight excluding hydrogens is 724 g/mol. The minimum atomic E-state index is -4.38. The maximum absolute atomic E-state index is 13.3. The van der Waals surface area contributed by atoms with E-state index in [0.717, 1.165) is 18.5 Å². The van der Waals surface area contributed by atoms with E-state index in [1.165, 1.54) is 74.8 Å². The third-order valence-corrected chi connectivity index (χ3v) is 17.9. The summed E-state index contributed by atoms with van der Waals surface area (Å²) in [5.41, 5.74) is 4.80. The molecule has 57 heavy (non-hydrogen) atoms. The van der Waals surface area contributed by atoms with Crippen molar-refractivity contribution in [2.75, 3.05) is 19.6 Å². The first-order valence-electron chi connectivity index (χ1n) is 21.7. The van der Waals surface area contributed by atoms with Crippen LogP contribution in [0.4, 0.5) is 13.2 Å². The van der Waals surface area contributed by atoms with Gasteiger partial charge in [-0.25, -0.2) is 4.79 Å². The van der Waals surface area contributed by atoms with Crippen LogP contribution in [0.1, 0.15) is 133 Å². The van der Waals surface area contributed by atoms with Crippen molar-refractivity contribution < 1.29 is 27.9 Å². The minimum absolute atomic E-state index is 0.000643. The first-order valence-corrected chi connectivity index (χ1v) is 21.7. The summed E-state index contributed by atoms with van der Waals surface area (Å²) in [6.07, 6.45) is 10.4. The highest BCUT2D eigenvalue weighted by molar-refractivity contribution is 5.88. The number of amides is 1. The predicted molar refractivity (Wildman–Crippen MR) is 218 cm³/mol. The number of carboxylic acids is 1. The molecule has 8 rings (SSSR count). The predicted octanol–water partition coefficient (Wildman–Crippen LogP) is 10.9. The number of nitrogens with one attached hydrogen (secondary N) is 1. The molecule has 4 saturated carbocycles. The largest absolute Gasteiger partial charge is 0.478 e. The number of nitrogens with zero attached hydrogens (tertiary/aromatic N) is 2. The number of halogens is 3. The van der Waals surface area contributed by atoms with E-state index in [1.807, 2.05) is 12.1 Å². The molecule has 0 radical (unpaired) electrons. The Morgan fingerprint density at radius 2 is 1.67 bits per heavy atom. The van der Waals surface area contributed by atoms with Crippen molar-refractivity contribution in [1.82, 2.24) is 14.8 Å². The lowest BCUT2D eigenvalue weighted by atomic mass is 9.32. The molecule has 1 aromatic carbocycles. The topological polar surface area (TPSA) is 74.6 Å². The second kappa shape index (κ2) is 13.9. The molecule has 9 atom stereocenters. The number of fused-ring (bicyclic) bond motifs is 8. The fourth-order valence-electron chi connectivity index (χ4n) is 14.9. The number of allylic oxidation sites excluding steroid dienone is 3. The Labute approximate surface area is 337 Å². The number of alkyl halides is 3. The number of hydrogen-bond acceptors (Lipinski definition) is 3. The third-order valence-electron chi connectivity index (χ3n) is 17.9. The molecule has 0 unspecified atom stereocenters. The third kappa shape index (κ3) is 6.29. The van der Waals surface area contributed by atoms with Gasteiger partial charge in [-0.3, -0.25) is 4.79 Å². The number of aromatic nitrogens is 1. The molecule has 1 amide bonds. The van der Waals surface area contributed by atoms with Crippen molar-refractivity contribution >= 4 is 17.4 Å². The fraction of sp³-hybridized carbons (Fsp3) is 0.667. The van der Waals surface area contributed by atoms with Gasteiger partial charge in [0.1, 0.15) is 0 Å². The van der Waals surface area contributed by atoms with Gasteiger partial charge in [-0.05, 0) is 151 Å². The van der Waals surface area contributed by atoms with Gasteiger partial charge >= 0.3 is 12.1 Å². The van der Waals surface area contributed by atoms with E-state index in [2.05, 4.69) is 59.5 Å². The summed E-state index contributed by atoms with van der Waals surface area (Å²) in [5, 5.41) is 13.3. The normalized spacial score (nSPS) is 36.9. The zero-order valence-corrected chi connectivity index (χ0v) is 35.0. The summed E-state index contributed by atoms with van der Waals surface area (Å²) in [6, 6.07) is 8.69. The van der Waals surface area contributed by atoms with Crippen molar-refractivity contribution in [2.24, 2.45) is 56.7 Å². The van der Waals surface area contributed by atoms with Crippen LogP contribution in [0, 0.1) is 56.7 Å². The van der Waals surface area contributed by atoms with E-state index in [9.17, 15) is 27.9 Å². The summed E-state index contributed by atoms with van der Waals surface area (Å²) in [5.74, 6) is 1.94. The molecule has 1 aromatic heterocycles. The van der Waals surface area contributed by atoms with Crippen molar-refractivity contribution in [3.8, 4) is 0 Å². The molecule has 0 saturated heterocycles. The number of benzene rings is 1. The van der Waals surface area contributed by atoms with Gasteiger partial charge in [0.05, 0.1) is 17.7 Å². The second-order valence-electron chi connectivity index (χ2n) is 20.6. The molecule has 4 fully saturated rings. The highest BCUT2D eigenvalue weighted by Gasteiger charge is 2.70. The van der Waals surface area contributed by atoms with Gasteiger partial charge in [0.15, 0.2) is 0 Å². The summed E-state index contributed by atoms with van der Waals surface area (Å²) in [4.78, 5) is 26.6. The number of hydrogen-bond donors (Lipinski definition) is 2. The maximum atomic E-state index is 13.3. The molecule has 2 aromatic rings. The van der Waals surface area contributed by atoms with Gasteiger partial charge in [-0.2, -0.15) is 13.2 Å². The van der Waals surface area contributed by atoms with Crippen LogP contribution in [0.2, 0.25) is 0 Å². The van der Waals surface area contributed by atoms with Gasteiger partial charge < -0.3 is 19.9 Å². The second-order valence-corrected chi connectivity index (χ2v) is 20.6. The summed E-state index contributed by atoms with van der Waals surface area (Å²) >= 11 is 0. The molecular formula is C48H64F3N3O3. The fourth-order valence-corrected chi connectivity index (χ4v) is 14.9. The van der Waals surface area contributed by atoms with Gasteiger partial charge in [0.25, 0.3) is 0 Å². The number of aromatic carboxylic acids is 1. The van der Waals surface area contributed by atoms with Crippen molar-refractivity contribution in [1.29, 1.82) is 0 Å². The first kappa shape index (κ1) is 40.4. The number of carbonyl (C=O) groups is 2. The Morgan fingerprint density at radius 3 is 2.35 bits per heavy atom. The van der Waals surface area contributed by atoms with Crippen LogP contribution >= 0.6 is 0 Å². The molecule has 5 aliphatic carbocycles. The Balaban J connectivity index is 0.974. The molecule has 9 heteroatoms. The average molecular weight is 788 g/mol. The van der Waals surface area contributed by atoms with Gasteiger partial charge in [-0.15, -0.1) is 0 Å². The molecule has 0 spiro atoms. The maximum Gasteiger partial charge on any atom is 0.417 e. The van der Waals surface area contributed by atoms with Crippen LogP contribution in [0.25, 0.3) is 5.57 Å². The van der Waals surface area contributed by atoms with E-state index in [-0.39, 0.29) is 39.5 Å².